The fraction of sp³-hybridized carbons (Fsp3) is 0.556. The van der Waals surface area contributed by atoms with E-state index in [0.717, 1.165) is 0 Å². The van der Waals surface area contributed by atoms with Gasteiger partial charge in [0.05, 0.1) is 6.61 Å². The van der Waals surface area contributed by atoms with E-state index in [1.54, 1.807) is 6.92 Å². The maximum absolute atomic E-state index is 10.9. The van der Waals surface area contributed by atoms with Gasteiger partial charge in [-0.05, 0) is 13.3 Å². The molecule has 1 N–H and O–H groups in total. The average molecular weight is 220 g/mol. The number of rotatable bonds is 6. The van der Waals surface area contributed by atoms with E-state index >= 15 is 0 Å². The SMILES string of the molecule is C=C(C)C(=O)OCCCNC(=O)CCl. The Morgan fingerprint density at radius 3 is 2.64 bits per heavy atom. The van der Waals surface area contributed by atoms with Gasteiger partial charge in [0.1, 0.15) is 5.88 Å². The molecule has 5 heteroatoms. The molecule has 0 unspecified atom stereocenters. The van der Waals surface area contributed by atoms with Gasteiger partial charge < -0.3 is 10.1 Å². The Kier molecular flexibility index (Phi) is 6.84. The van der Waals surface area contributed by atoms with E-state index in [0.29, 0.717) is 18.5 Å². The summed E-state index contributed by atoms with van der Waals surface area (Å²) in [6.45, 7) is 5.74. The Morgan fingerprint density at radius 1 is 1.50 bits per heavy atom. The average Bonchev–Trinajstić information content (AvgIpc) is 2.16. The molecule has 0 rings (SSSR count). The van der Waals surface area contributed by atoms with Crippen LogP contribution in [-0.2, 0) is 14.3 Å². The van der Waals surface area contributed by atoms with Gasteiger partial charge in [0.25, 0.3) is 0 Å². The number of ether oxygens (including phenoxy) is 1. The molecule has 0 aliphatic heterocycles. The first-order chi connectivity index (χ1) is 6.57. The molecule has 0 aliphatic rings. The lowest BCUT2D eigenvalue weighted by molar-refractivity contribution is -0.138. The van der Waals surface area contributed by atoms with Gasteiger partial charge in [-0.2, -0.15) is 0 Å². The third-order valence-corrected chi connectivity index (χ3v) is 1.59. The fourth-order valence-corrected chi connectivity index (χ4v) is 0.730. The third-order valence-electron chi connectivity index (χ3n) is 1.35. The van der Waals surface area contributed by atoms with E-state index in [2.05, 4.69) is 11.9 Å². The molecular weight excluding hydrogens is 206 g/mol. The second-order valence-electron chi connectivity index (χ2n) is 2.75. The van der Waals surface area contributed by atoms with Crippen molar-refractivity contribution in [1.82, 2.24) is 5.32 Å². The number of carbonyl (C=O) groups excluding carboxylic acids is 2. The molecule has 0 saturated heterocycles. The first-order valence-electron chi connectivity index (χ1n) is 4.23. The van der Waals surface area contributed by atoms with Crippen molar-refractivity contribution in [1.29, 1.82) is 0 Å². The fourth-order valence-electron chi connectivity index (χ4n) is 0.635. The number of carbonyl (C=O) groups is 2. The van der Waals surface area contributed by atoms with Crippen LogP contribution in [0, 0.1) is 0 Å². The van der Waals surface area contributed by atoms with E-state index in [-0.39, 0.29) is 18.4 Å². The second kappa shape index (κ2) is 7.38. The van der Waals surface area contributed by atoms with Crippen molar-refractivity contribution in [2.45, 2.75) is 13.3 Å². The minimum atomic E-state index is -0.409. The molecule has 0 aromatic heterocycles. The molecule has 0 bridgehead atoms. The van der Waals surface area contributed by atoms with Crippen LogP contribution in [-0.4, -0.2) is 30.9 Å². The molecule has 0 spiro atoms. The van der Waals surface area contributed by atoms with E-state index in [9.17, 15) is 9.59 Å². The summed E-state index contributed by atoms with van der Waals surface area (Å²) in [7, 11) is 0. The molecule has 0 atom stereocenters. The van der Waals surface area contributed by atoms with Gasteiger partial charge >= 0.3 is 5.97 Å². The van der Waals surface area contributed by atoms with Gasteiger partial charge in [0.15, 0.2) is 0 Å². The van der Waals surface area contributed by atoms with E-state index in [1.807, 2.05) is 0 Å². The molecule has 0 aromatic carbocycles. The lowest BCUT2D eigenvalue weighted by atomic mass is 10.3. The Hall–Kier alpha value is -1.03. The van der Waals surface area contributed by atoms with E-state index in [4.69, 9.17) is 16.3 Å². The van der Waals surface area contributed by atoms with Crippen LogP contribution in [0.25, 0.3) is 0 Å². The zero-order valence-corrected chi connectivity index (χ0v) is 8.89. The molecule has 0 fully saturated rings. The van der Waals surface area contributed by atoms with Crippen molar-refractivity contribution in [2.75, 3.05) is 19.0 Å². The van der Waals surface area contributed by atoms with Crippen molar-refractivity contribution in [3.8, 4) is 0 Å². The zero-order chi connectivity index (χ0) is 11.0. The quantitative estimate of drug-likeness (QED) is 0.312. The normalized spacial score (nSPS) is 9.29. The van der Waals surface area contributed by atoms with Gasteiger partial charge in [-0.1, -0.05) is 6.58 Å². The summed E-state index contributed by atoms with van der Waals surface area (Å²) in [5.74, 6) is -0.683. The number of esters is 1. The molecule has 0 aliphatic carbocycles. The predicted octanol–water partition coefficient (Wildman–Crippen LogP) is 0.851. The first-order valence-corrected chi connectivity index (χ1v) is 4.76. The minimum Gasteiger partial charge on any atom is -0.462 e. The molecule has 0 saturated carbocycles. The number of amides is 1. The first kappa shape index (κ1) is 13.0. The highest BCUT2D eigenvalue weighted by Crippen LogP contribution is 1.92. The largest absolute Gasteiger partial charge is 0.462 e. The summed E-state index contributed by atoms with van der Waals surface area (Å²) < 4.78 is 4.80. The highest BCUT2D eigenvalue weighted by atomic mass is 35.5. The summed E-state index contributed by atoms with van der Waals surface area (Å²) >= 11 is 5.25. The number of halogens is 1. The Balaban J connectivity index is 3.34. The van der Waals surface area contributed by atoms with Crippen LogP contribution < -0.4 is 5.32 Å². The van der Waals surface area contributed by atoms with Gasteiger partial charge in [-0.3, -0.25) is 4.79 Å². The summed E-state index contributed by atoms with van der Waals surface area (Å²) in [6.07, 6.45) is 0.571. The Bertz CT molecular complexity index is 228. The number of alkyl halides is 1. The zero-order valence-electron chi connectivity index (χ0n) is 8.14. The van der Waals surface area contributed by atoms with Gasteiger partial charge in [0, 0.05) is 12.1 Å². The van der Waals surface area contributed by atoms with Gasteiger partial charge in [-0.25, -0.2) is 4.79 Å². The Labute approximate surface area is 88.3 Å². The highest BCUT2D eigenvalue weighted by molar-refractivity contribution is 6.27. The van der Waals surface area contributed by atoms with Crippen LogP contribution >= 0.6 is 11.6 Å². The number of hydrogen-bond donors (Lipinski definition) is 1. The van der Waals surface area contributed by atoms with Crippen LogP contribution in [0.15, 0.2) is 12.2 Å². The monoisotopic (exact) mass is 219 g/mol. The van der Waals surface area contributed by atoms with Crippen molar-refractivity contribution >= 4 is 23.5 Å². The molecule has 0 radical (unpaired) electrons. The summed E-state index contributed by atoms with van der Waals surface area (Å²) in [4.78, 5) is 21.5. The van der Waals surface area contributed by atoms with Crippen LogP contribution in [0.3, 0.4) is 0 Å². The summed E-state index contributed by atoms with van der Waals surface area (Å²) in [6, 6.07) is 0. The van der Waals surface area contributed by atoms with Crippen molar-refractivity contribution < 1.29 is 14.3 Å². The minimum absolute atomic E-state index is 0.0500. The highest BCUT2D eigenvalue weighted by Gasteiger charge is 2.02. The molecular formula is C9H14ClNO3. The lowest BCUT2D eigenvalue weighted by Crippen LogP contribution is -2.26. The summed E-state index contributed by atoms with van der Waals surface area (Å²) in [5.41, 5.74) is 0.370. The topological polar surface area (TPSA) is 55.4 Å². The van der Waals surface area contributed by atoms with Crippen molar-refractivity contribution in [3.63, 3.8) is 0 Å². The number of nitrogens with one attached hydrogen (secondary N) is 1. The second-order valence-corrected chi connectivity index (χ2v) is 3.02. The molecule has 14 heavy (non-hydrogen) atoms. The van der Waals surface area contributed by atoms with E-state index in [1.165, 1.54) is 0 Å². The standard InChI is InChI=1S/C9H14ClNO3/c1-7(2)9(13)14-5-3-4-11-8(12)6-10/h1,3-6H2,2H3,(H,11,12). The lowest BCUT2D eigenvalue weighted by Gasteiger charge is -2.04. The third kappa shape index (κ3) is 6.48. The molecule has 4 nitrogen and oxygen atoms in total. The maximum Gasteiger partial charge on any atom is 0.333 e. The molecule has 0 heterocycles. The smallest absolute Gasteiger partial charge is 0.333 e. The van der Waals surface area contributed by atoms with Crippen LogP contribution in [0.1, 0.15) is 13.3 Å². The molecule has 80 valence electrons. The van der Waals surface area contributed by atoms with E-state index < -0.39 is 5.97 Å². The van der Waals surface area contributed by atoms with Crippen LogP contribution in [0.5, 0.6) is 0 Å². The molecule has 0 aromatic rings. The molecule has 1 amide bonds. The van der Waals surface area contributed by atoms with Gasteiger partial charge in [-0.15, -0.1) is 11.6 Å². The number of hydrogen-bond acceptors (Lipinski definition) is 3. The summed E-state index contributed by atoms with van der Waals surface area (Å²) in [5, 5.41) is 2.55. The Morgan fingerprint density at radius 2 is 2.14 bits per heavy atom. The van der Waals surface area contributed by atoms with Crippen molar-refractivity contribution in [2.24, 2.45) is 0 Å². The van der Waals surface area contributed by atoms with Crippen LogP contribution in [0.4, 0.5) is 0 Å². The predicted molar refractivity (Wildman–Crippen MR) is 54.1 cm³/mol. The maximum atomic E-state index is 10.9. The van der Waals surface area contributed by atoms with Crippen molar-refractivity contribution in [3.05, 3.63) is 12.2 Å². The van der Waals surface area contributed by atoms with Gasteiger partial charge in [0.2, 0.25) is 5.91 Å². The van der Waals surface area contributed by atoms with Crippen LogP contribution in [0.2, 0.25) is 0 Å².